The van der Waals surface area contributed by atoms with E-state index < -0.39 is 24.0 Å². The van der Waals surface area contributed by atoms with E-state index in [0.29, 0.717) is 0 Å². The number of hydrogen-bond acceptors (Lipinski definition) is 6. The molecule has 18 heavy (non-hydrogen) atoms. The van der Waals surface area contributed by atoms with Crippen molar-refractivity contribution < 1.29 is 19.1 Å². The highest BCUT2D eigenvalue weighted by atomic mass is 16.5. The zero-order valence-electron chi connectivity index (χ0n) is 10.9. The molecule has 1 aliphatic rings. The van der Waals surface area contributed by atoms with Crippen LogP contribution in [0.5, 0.6) is 0 Å². The van der Waals surface area contributed by atoms with E-state index in [4.69, 9.17) is 11.5 Å². The fourth-order valence-corrected chi connectivity index (χ4v) is 2.70. The van der Waals surface area contributed by atoms with E-state index in [1.165, 1.54) is 14.2 Å². The summed E-state index contributed by atoms with van der Waals surface area (Å²) in [6, 6.07) is -1.45. The second-order valence-corrected chi connectivity index (χ2v) is 4.71. The van der Waals surface area contributed by atoms with Gasteiger partial charge in [0.2, 0.25) is 0 Å². The van der Waals surface area contributed by atoms with E-state index >= 15 is 0 Å². The van der Waals surface area contributed by atoms with E-state index in [9.17, 15) is 9.59 Å². The lowest BCUT2D eigenvalue weighted by molar-refractivity contribution is -0.148. The van der Waals surface area contributed by atoms with Crippen LogP contribution in [0.25, 0.3) is 0 Å². The summed E-state index contributed by atoms with van der Waals surface area (Å²) in [5.41, 5.74) is 11.8. The second-order valence-electron chi connectivity index (χ2n) is 4.71. The molecule has 0 amide bonds. The Morgan fingerprint density at radius 2 is 1.28 bits per heavy atom. The van der Waals surface area contributed by atoms with E-state index in [-0.39, 0.29) is 11.8 Å². The van der Waals surface area contributed by atoms with E-state index in [1.807, 2.05) is 0 Å². The summed E-state index contributed by atoms with van der Waals surface area (Å²) in [6.45, 7) is 0. The summed E-state index contributed by atoms with van der Waals surface area (Å²) < 4.78 is 9.32. The van der Waals surface area contributed by atoms with Gasteiger partial charge >= 0.3 is 11.9 Å². The molecular weight excluding hydrogens is 236 g/mol. The van der Waals surface area contributed by atoms with Gasteiger partial charge in [-0.3, -0.25) is 9.59 Å². The van der Waals surface area contributed by atoms with Crippen LogP contribution in [0.4, 0.5) is 0 Å². The zero-order valence-corrected chi connectivity index (χ0v) is 10.9. The predicted octanol–water partition coefficient (Wildman–Crippen LogP) is -0.207. The second kappa shape index (κ2) is 6.70. The normalized spacial score (nSPS) is 27.1. The number of hydrogen-bond donors (Lipinski definition) is 2. The van der Waals surface area contributed by atoms with Gasteiger partial charge in [-0.1, -0.05) is 12.8 Å². The molecule has 0 heterocycles. The highest BCUT2D eigenvalue weighted by Crippen LogP contribution is 2.34. The molecule has 104 valence electrons. The van der Waals surface area contributed by atoms with Crippen LogP contribution in [0.3, 0.4) is 0 Å². The Hall–Kier alpha value is -1.14. The van der Waals surface area contributed by atoms with Gasteiger partial charge in [-0.25, -0.2) is 0 Å². The van der Waals surface area contributed by atoms with Gasteiger partial charge in [-0.05, 0) is 24.7 Å². The van der Waals surface area contributed by atoms with E-state index in [2.05, 4.69) is 9.47 Å². The summed E-state index contributed by atoms with van der Waals surface area (Å²) in [5.74, 6) is -1.16. The van der Waals surface area contributed by atoms with Gasteiger partial charge < -0.3 is 20.9 Å². The van der Waals surface area contributed by atoms with Gasteiger partial charge in [0, 0.05) is 0 Å². The van der Waals surface area contributed by atoms with Gasteiger partial charge in [0.25, 0.3) is 0 Å². The molecule has 1 aliphatic carbocycles. The molecule has 6 nitrogen and oxygen atoms in total. The Bertz CT molecular complexity index is 278. The lowest BCUT2D eigenvalue weighted by atomic mass is 9.72. The summed E-state index contributed by atoms with van der Waals surface area (Å²) in [5, 5.41) is 0. The molecule has 0 aromatic rings. The molecule has 4 unspecified atom stereocenters. The molecule has 1 rings (SSSR count). The summed E-state index contributed by atoms with van der Waals surface area (Å²) in [4.78, 5) is 23.0. The first-order valence-electron chi connectivity index (χ1n) is 6.19. The van der Waals surface area contributed by atoms with Crippen molar-refractivity contribution in [3.63, 3.8) is 0 Å². The number of carbonyl (C=O) groups excluding carboxylic acids is 2. The molecule has 0 radical (unpaired) electrons. The first kappa shape index (κ1) is 14.9. The highest BCUT2D eigenvalue weighted by molar-refractivity contribution is 5.77. The third kappa shape index (κ3) is 3.20. The SMILES string of the molecule is COC(=O)C(N)C1CCCCC1C(N)C(=O)OC. The third-order valence-corrected chi connectivity index (χ3v) is 3.74. The molecule has 4 atom stereocenters. The lowest BCUT2D eigenvalue weighted by Gasteiger charge is -2.36. The largest absolute Gasteiger partial charge is 0.468 e. The lowest BCUT2D eigenvalue weighted by Crippen LogP contribution is -2.51. The molecule has 0 aliphatic heterocycles. The van der Waals surface area contributed by atoms with Crippen LogP contribution in [-0.4, -0.2) is 38.2 Å². The number of methoxy groups -OCH3 is 2. The van der Waals surface area contributed by atoms with Crippen LogP contribution in [0.15, 0.2) is 0 Å². The maximum atomic E-state index is 11.5. The molecule has 6 heteroatoms. The van der Waals surface area contributed by atoms with E-state index in [0.717, 1.165) is 25.7 Å². The number of rotatable bonds is 4. The molecule has 0 bridgehead atoms. The molecule has 4 N–H and O–H groups in total. The standard InChI is InChI=1S/C12H22N2O4/c1-17-11(15)9(13)7-5-3-4-6-8(7)10(14)12(16)18-2/h7-10H,3-6,13-14H2,1-2H3. The molecule has 0 aromatic heterocycles. The maximum Gasteiger partial charge on any atom is 0.322 e. The average molecular weight is 258 g/mol. The monoisotopic (exact) mass is 258 g/mol. The molecule has 0 spiro atoms. The molecule has 0 saturated heterocycles. The highest BCUT2D eigenvalue weighted by Gasteiger charge is 2.39. The van der Waals surface area contributed by atoms with Crippen molar-refractivity contribution in [3.8, 4) is 0 Å². The van der Waals surface area contributed by atoms with Crippen molar-refractivity contribution in [1.82, 2.24) is 0 Å². The van der Waals surface area contributed by atoms with Crippen LogP contribution in [-0.2, 0) is 19.1 Å². The fourth-order valence-electron chi connectivity index (χ4n) is 2.70. The Labute approximate surface area is 107 Å². The van der Waals surface area contributed by atoms with Crippen LogP contribution in [0, 0.1) is 11.8 Å². The maximum absolute atomic E-state index is 11.5. The topological polar surface area (TPSA) is 105 Å². The van der Waals surface area contributed by atoms with Gasteiger partial charge in [-0.15, -0.1) is 0 Å². The van der Waals surface area contributed by atoms with Crippen molar-refractivity contribution >= 4 is 11.9 Å². The van der Waals surface area contributed by atoms with Crippen LogP contribution in [0.1, 0.15) is 25.7 Å². The minimum absolute atomic E-state index is 0.125. The Balaban J connectivity index is 2.79. The zero-order chi connectivity index (χ0) is 13.7. The minimum atomic E-state index is -0.726. The third-order valence-electron chi connectivity index (χ3n) is 3.74. The number of carbonyl (C=O) groups is 2. The van der Waals surface area contributed by atoms with Crippen molar-refractivity contribution in [2.75, 3.05) is 14.2 Å². The smallest absolute Gasteiger partial charge is 0.322 e. The van der Waals surface area contributed by atoms with Gasteiger partial charge in [0.15, 0.2) is 0 Å². The molecule has 1 saturated carbocycles. The van der Waals surface area contributed by atoms with Gasteiger partial charge in [0.05, 0.1) is 14.2 Å². The van der Waals surface area contributed by atoms with Crippen LogP contribution in [0.2, 0.25) is 0 Å². The van der Waals surface area contributed by atoms with E-state index in [1.54, 1.807) is 0 Å². The van der Waals surface area contributed by atoms with Crippen LogP contribution >= 0.6 is 0 Å². The number of esters is 2. The van der Waals surface area contributed by atoms with Crippen molar-refractivity contribution in [3.05, 3.63) is 0 Å². The number of ether oxygens (including phenoxy) is 2. The summed E-state index contributed by atoms with van der Waals surface area (Å²) in [7, 11) is 2.61. The molecular formula is C12H22N2O4. The molecule has 1 fully saturated rings. The van der Waals surface area contributed by atoms with Gasteiger partial charge in [-0.2, -0.15) is 0 Å². The summed E-state index contributed by atoms with van der Waals surface area (Å²) in [6.07, 6.45) is 3.54. The minimum Gasteiger partial charge on any atom is -0.468 e. The quantitative estimate of drug-likeness (QED) is 0.676. The van der Waals surface area contributed by atoms with Crippen molar-refractivity contribution in [1.29, 1.82) is 0 Å². The molecule has 0 aromatic carbocycles. The Morgan fingerprint density at radius 3 is 1.56 bits per heavy atom. The first-order valence-corrected chi connectivity index (χ1v) is 6.19. The van der Waals surface area contributed by atoms with Crippen molar-refractivity contribution in [2.45, 2.75) is 37.8 Å². The Kier molecular flexibility index (Phi) is 5.55. The van der Waals surface area contributed by atoms with Gasteiger partial charge in [0.1, 0.15) is 12.1 Å². The van der Waals surface area contributed by atoms with Crippen LogP contribution < -0.4 is 11.5 Å². The average Bonchev–Trinajstić information content (AvgIpc) is 2.43. The first-order chi connectivity index (χ1) is 8.52. The fraction of sp³-hybridized carbons (Fsp3) is 0.833. The predicted molar refractivity (Wildman–Crippen MR) is 65.4 cm³/mol. The Morgan fingerprint density at radius 1 is 0.944 bits per heavy atom. The van der Waals surface area contributed by atoms with Crippen molar-refractivity contribution in [2.24, 2.45) is 23.3 Å². The summed E-state index contributed by atoms with van der Waals surface area (Å²) >= 11 is 0. The number of nitrogens with two attached hydrogens (primary N) is 2.